The van der Waals surface area contributed by atoms with E-state index < -0.39 is 24.8 Å². The van der Waals surface area contributed by atoms with Crippen molar-refractivity contribution >= 4 is 0 Å². The molecule has 1 saturated heterocycles. The highest BCUT2D eigenvalue weighted by Crippen LogP contribution is 2.22. The summed E-state index contributed by atoms with van der Waals surface area (Å²) in [6, 6.07) is 0. The van der Waals surface area contributed by atoms with Gasteiger partial charge in [0.25, 0.3) is 0 Å². The summed E-state index contributed by atoms with van der Waals surface area (Å²) in [5.41, 5.74) is 0. The number of aliphatic hydroxyl groups excluding tert-OH is 2. The monoisotopic (exact) mass is 244 g/mol. The van der Waals surface area contributed by atoms with Gasteiger partial charge in [-0.25, -0.2) is 0 Å². The molecule has 0 amide bonds. The summed E-state index contributed by atoms with van der Waals surface area (Å²) < 4.78 is 16.1. The highest BCUT2D eigenvalue weighted by Gasteiger charge is 2.33. The Kier molecular flexibility index (Phi) is 6.39. The van der Waals surface area contributed by atoms with Gasteiger partial charge < -0.3 is 24.4 Å². The fourth-order valence-electron chi connectivity index (χ4n) is 1.67. The lowest BCUT2D eigenvalue weighted by Gasteiger charge is -2.34. The van der Waals surface area contributed by atoms with Crippen LogP contribution in [0.3, 0.4) is 0 Å². The second kappa shape index (κ2) is 7.58. The first-order chi connectivity index (χ1) is 8.17. The molecule has 5 nitrogen and oxygen atoms in total. The lowest BCUT2D eigenvalue weighted by atomic mass is 10.0. The van der Waals surface area contributed by atoms with E-state index in [0.29, 0.717) is 19.6 Å². The van der Waals surface area contributed by atoms with Gasteiger partial charge >= 0.3 is 0 Å². The Morgan fingerprint density at radius 3 is 2.24 bits per heavy atom. The van der Waals surface area contributed by atoms with Crippen LogP contribution >= 0.6 is 0 Å². The average molecular weight is 244 g/mol. The molecule has 1 heterocycles. The van der Waals surface area contributed by atoms with Crippen molar-refractivity contribution in [3.05, 3.63) is 25.3 Å². The molecule has 1 aliphatic rings. The van der Waals surface area contributed by atoms with Crippen LogP contribution in [0, 0.1) is 0 Å². The standard InChI is InChI=1S/C12H20O5/c1-3-5-15-12(16-6-4-2)10-7-9(13)8-11(14)17-10/h3-4,9-14H,1-2,5-8H2/t9-,10+,11?/m1/s1. The molecule has 5 heteroatoms. The number of hydrogen-bond donors (Lipinski definition) is 2. The summed E-state index contributed by atoms with van der Waals surface area (Å²) in [5.74, 6) is 0. The van der Waals surface area contributed by atoms with Crippen LogP contribution in [-0.2, 0) is 14.2 Å². The molecule has 0 aromatic heterocycles. The van der Waals surface area contributed by atoms with E-state index in [1.165, 1.54) is 0 Å². The second-order valence-corrected chi connectivity index (χ2v) is 3.87. The van der Waals surface area contributed by atoms with Gasteiger partial charge in [-0.15, -0.1) is 13.2 Å². The van der Waals surface area contributed by atoms with Gasteiger partial charge in [0.05, 0.1) is 19.3 Å². The summed E-state index contributed by atoms with van der Waals surface area (Å²) in [4.78, 5) is 0. The summed E-state index contributed by atoms with van der Waals surface area (Å²) in [6.45, 7) is 7.72. The fourth-order valence-corrected chi connectivity index (χ4v) is 1.67. The van der Waals surface area contributed by atoms with Crippen molar-refractivity contribution in [1.29, 1.82) is 0 Å². The fraction of sp³-hybridized carbons (Fsp3) is 0.667. The van der Waals surface area contributed by atoms with Crippen LogP contribution in [0.15, 0.2) is 25.3 Å². The van der Waals surface area contributed by atoms with Gasteiger partial charge in [0.2, 0.25) is 0 Å². The molecule has 0 radical (unpaired) electrons. The molecule has 1 rings (SSSR count). The summed E-state index contributed by atoms with van der Waals surface area (Å²) in [5, 5.41) is 19.0. The zero-order valence-corrected chi connectivity index (χ0v) is 9.83. The highest BCUT2D eigenvalue weighted by molar-refractivity contribution is 4.77. The van der Waals surface area contributed by atoms with Crippen molar-refractivity contribution < 1.29 is 24.4 Å². The van der Waals surface area contributed by atoms with Crippen LogP contribution in [0.4, 0.5) is 0 Å². The third kappa shape index (κ3) is 4.97. The Morgan fingerprint density at radius 1 is 1.18 bits per heavy atom. The van der Waals surface area contributed by atoms with E-state index in [9.17, 15) is 10.2 Å². The zero-order valence-electron chi connectivity index (χ0n) is 9.83. The van der Waals surface area contributed by atoms with Crippen LogP contribution in [0.25, 0.3) is 0 Å². The van der Waals surface area contributed by atoms with Crippen LogP contribution in [0.2, 0.25) is 0 Å². The zero-order chi connectivity index (χ0) is 12.7. The van der Waals surface area contributed by atoms with Crippen molar-refractivity contribution in [2.24, 2.45) is 0 Å². The Balaban J connectivity index is 2.53. The van der Waals surface area contributed by atoms with E-state index in [4.69, 9.17) is 14.2 Å². The van der Waals surface area contributed by atoms with E-state index in [-0.39, 0.29) is 6.42 Å². The molecular formula is C12H20O5. The minimum absolute atomic E-state index is 0.214. The van der Waals surface area contributed by atoms with Gasteiger partial charge in [-0.2, -0.15) is 0 Å². The normalized spacial score (nSPS) is 29.2. The molecule has 3 atom stereocenters. The summed E-state index contributed by atoms with van der Waals surface area (Å²) in [7, 11) is 0. The van der Waals surface area contributed by atoms with Gasteiger partial charge in [0.15, 0.2) is 12.6 Å². The first kappa shape index (κ1) is 14.3. The molecule has 0 aromatic carbocycles. The summed E-state index contributed by atoms with van der Waals surface area (Å²) >= 11 is 0. The second-order valence-electron chi connectivity index (χ2n) is 3.87. The summed E-state index contributed by atoms with van der Waals surface area (Å²) in [6.07, 6.45) is 1.06. The predicted molar refractivity (Wildman–Crippen MR) is 62.2 cm³/mol. The molecule has 1 aliphatic heterocycles. The van der Waals surface area contributed by atoms with E-state index in [0.717, 1.165) is 0 Å². The average Bonchev–Trinajstić information content (AvgIpc) is 2.28. The van der Waals surface area contributed by atoms with Crippen LogP contribution in [0.5, 0.6) is 0 Å². The smallest absolute Gasteiger partial charge is 0.184 e. The molecule has 17 heavy (non-hydrogen) atoms. The molecule has 0 bridgehead atoms. The molecule has 0 aliphatic carbocycles. The maximum Gasteiger partial charge on any atom is 0.184 e. The Bertz CT molecular complexity index is 221. The molecule has 1 fully saturated rings. The third-order valence-electron chi connectivity index (χ3n) is 2.37. The number of ether oxygens (including phenoxy) is 3. The van der Waals surface area contributed by atoms with Crippen molar-refractivity contribution in [1.82, 2.24) is 0 Å². The molecule has 0 aromatic rings. The van der Waals surface area contributed by atoms with Crippen molar-refractivity contribution in [3.63, 3.8) is 0 Å². The van der Waals surface area contributed by atoms with Crippen molar-refractivity contribution in [3.8, 4) is 0 Å². The van der Waals surface area contributed by atoms with Gasteiger partial charge in [0, 0.05) is 12.8 Å². The Morgan fingerprint density at radius 2 is 1.76 bits per heavy atom. The minimum atomic E-state index is -0.981. The van der Waals surface area contributed by atoms with Gasteiger partial charge in [-0.05, 0) is 0 Å². The lowest BCUT2D eigenvalue weighted by Crippen LogP contribution is -2.44. The Labute approximate surface area is 101 Å². The van der Waals surface area contributed by atoms with E-state index >= 15 is 0 Å². The molecule has 98 valence electrons. The number of aliphatic hydroxyl groups is 2. The van der Waals surface area contributed by atoms with Crippen LogP contribution in [0.1, 0.15) is 12.8 Å². The SMILES string of the molecule is C=CCOC(OCC=C)[C@@H]1C[C@@H](O)CC(O)O1. The predicted octanol–water partition coefficient (Wildman–Crippen LogP) is 0.576. The first-order valence-corrected chi connectivity index (χ1v) is 5.64. The molecular weight excluding hydrogens is 224 g/mol. The minimum Gasteiger partial charge on any atom is -0.393 e. The first-order valence-electron chi connectivity index (χ1n) is 5.64. The van der Waals surface area contributed by atoms with Gasteiger partial charge in [-0.1, -0.05) is 12.2 Å². The highest BCUT2D eigenvalue weighted by atomic mass is 16.7. The van der Waals surface area contributed by atoms with Crippen molar-refractivity contribution in [2.75, 3.05) is 13.2 Å². The number of hydrogen-bond acceptors (Lipinski definition) is 5. The molecule has 0 spiro atoms. The van der Waals surface area contributed by atoms with E-state index in [1.54, 1.807) is 12.2 Å². The number of rotatable bonds is 7. The maximum atomic E-state index is 9.56. The van der Waals surface area contributed by atoms with Crippen LogP contribution in [-0.4, -0.2) is 48.2 Å². The third-order valence-corrected chi connectivity index (χ3v) is 2.37. The molecule has 1 unspecified atom stereocenters. The van der Waals surface area contributed by atoms with E-state index in [1.807, 2.05) is 0 Å². The largest absolute Gasteiger partial charge is 0.393 e. The van der Waals surface area contributed by atoms with Gasteiger partial charge in [-0.3, -0.25) is 0 Å². The topological polar surface area (TPSA) is 68.2 Å². The molecule has 0 saturated carbocycles. The van der Waals surface area contributed by atoms with Crippen molar-refractivity contribution in [2.45, 2.75) is 37.6 Å². The van der Waals surface area contributed by atoms with Gasteiger partial charge in [0.1, 0.15) is 6.10 Å². The lowest BCUT2D eigenvalue weighted by molar-refractivity contribution is -0.267. The quantitative estimate of drug-likeness (QED) is 0.506. The van der Waals surface area contributed by atoms with E-state index in [2.05, 4.69) is 13.2 Å². The Hall–Kier alpha value is -0.720. The van der Waals surface area contributed by atoms with Crippen LogP contribution < -0.4 is 0 Å². The maximum absolute atomic E-state index is 9.56. The molecule has 2 N–H and O–H groups in total.